The van der Waals surface area contributed by atoms with Gasteiger partial charge in [0.1, 0.15) is 5.82 Å². The van der Waals surface area contributed by atoms with E-state index >= 15 is 0 Å². The molecule has 0 saturated carbocycles. The summed E-state index contributed by atoms with van der Waals surface area (Å²) >= 11 is 11.7. The Bertz CT molecular complexity index is 760. The monoisotopic (exact) mass is 317 g/mol. The zero-order valence-corrected chi connectivity index (χ0v) is 12.2. The van der Waals surface area contributed by atoms with Crippen molar-refractivity contribution in [1.29, 1.82) is 0 Å². The lowest BCUT2D eigenvalue weighted by Gasteiger charge is -2.04. The van der Waals surface area contributed by atoms with Crippen LogP contribution < -0.4 is 5.69 Å². The van der Waals surface area contributed by atoms with Gasteiger partial charge in [0.15, 0.2) is 5.82 Å². The zero-order chi connectivity index (χ0) is 14.8. The van der Waals surface area contributed by atoms with Crippen LogP contribution in [0.25, 0.3) is 22.8 Å². The van der Waals surface area contributed by atoms with Crippen LogP contribution in [0.2, 0.25) is 10.0 Å². The topological polar surface area (TPSA) is 58.6 Å². The van der Waals surface area contributed by atoms with Gasteiger partial charge in [0, 0.05) is 21.2 Å². The molecule has 1 aromatic heterocycles. The fourth-order valence-electron chi connectivity index (χ4n) is 1.86. The van der Waals surface area contributed by atoms with E-state index in [-0.39, 0.29) is 0 Å². The quantitative estimate of drug-likeness (QED) is 0.782. The average molecular weight is 318 g/mol. The van der Waals surface area contributed by atoms with E-state index in [4.69, 9.17) is 23.2 Å². The molecule has 0 aliphatic rings. The third kappa shape index (κ3) is 3.12. The number of H-pyrrole nitrogens is 1. The molecule has 3 aromatic rings. The maximum atomic E-state index is 11.7. The third-order valence-electron chi connectivity index (χ3n) is 2.87. The zero-order valence-electron chi connectivity index (χ0n) is 10.7. The van der Waals surface area contributed by atoms with Crippen LogP contribution in [0, 0.1) is 0 Å². The molecule has 0 radical (unpaired) electrons. The van der Waals surface area contributed by atoms with E-state index in [9.17, 15) is 4.79 Å². The second-order valence-corrected chi connectivity index (χ2v) is 5.21. The molecule has 0 aliphatic heterocycles. The highest BCUT2D eigenvalue weighted by atomic mass is 35.5. The lowest BCUT2D eigenvalue weighted by molar-refractivity contribution is 1.00. The lowest BCUT2D eigenvalue weighted by Crippen LogP contribution is -2.14. The summed E-state index contributed by atoms with van der Waals surface area (Å²) in [5, 5.41) is 1.23. The standard InChI is InChI=1S/C15H9Cl2N3O/c16-11-5-1-9(2-6-11)13-18-14(20-15(21)19-13)10-3-7-12(17)8-4-10/h1-8H,(H,18,19,20,21). The predicted molar refractivity (Wildman–Crippen MR) is 83.5 cm³/mol. The molecule has 6 heteroatoms. The van der Waals surface area contributed by atoms with Crippen LogP contribution >= 0.6 is 23.2 Å². The number of hydrogen-bond donors (Lipinski definition) is 1. The van der Waals surface area contributed by atoms with Crippen molar-refractivity contribution in [3.8, 4) is 22.8 Å². The number of nitrogens with zero attached hydrogens (tertiary/aromatic N) is 2. The Morgan fingerprint density at radius 1 is 0.762 bits per heavy atom. The van der Waals surface area contributed by atoms with Gasteiger partial charge in [-0.25, -0.2) is 9.78 Å². The van der Waals surface area contributed by atoms with Gasteiger partial charge in [-0.2, -0.15) is 4.98 Å². The molecular formula is C15H9Cl2N3O. The second kappa shape index (κ2) is 5.68. The molecule has 1 N–H and O–H groups in total. The molecule has 0 bridgehead atoms. The molecule has 0 amide bonds. The molecule has 0 atom stereocenters. The number of benzene rings is 2. The number of aromatic nitrogens is 3. The summed E-state index contributed by atoms with van der Waals surface area (Å²) in [7, 11) is 0. The number of halogens is 2. The fourth-order valence-corrected chi connectivity index (χ4v) is 2.11. The van der Waals surface area contributed by atoms with Gasteiger partial charge in [-0.3, -0.25) is 4.98 Å². The van der Waals surface area contributed by atoms with Crippen molar-refractivity contribution in [2.24, 2.45) is 0 Å². The van der Waals surface area contributed by atoms with Gasteiger partial charge in [-0.05, 0) is 48.5 Å². The average Bonchev–Trinajstić information content (AvgIpc) is 2.48. The smallest absolute Gasteiger partial charge is 0.290 e. The Morgan fingerprint density at radius 2 is 1.29 bits per heavy atom. The first kappa shape index (κ1) is 13.8. The molecule has 1 heterocycles. The van der Waals surface area contributed by atoms with E-state index in [2.05, 4.69) is 15.0 Å². The van der Waals surface area contributed by atoms with E-state index in [0.717, 1.165) is 11.1 Å². The number of rotatable bonds is 2. The van der Waals surface area contributed by atoms with Gasteiger partial charge < -0.3 is 0 Å². The van der Waals surface area contributed by atoms with Crippen LogP contribution in [0.4, 0.5) is 0 Å². The summed E-state index contributed by atoms with van der Waals surface area (Å²) in [4.78, 5) is 22.6. The minimum atomic E-state index is -0.458. The van der Waals surface area contributed by atoms with Crippen molar-refractivity contribution in [3.05, 3.63) is 69.1 Å². The molecule has 0 unspecified atom stereocenters. The van der Waals surface area contributed by atoms with Gasteiger partial charge in [-0.15, -0.1) is 0 Å². The Kier molecular flexibility index (Phi) is 3.73. The Morgan fingerprint density at radius 3 is 1.86 bits per heavy atom. The third-order valence-corrected chi connectivity index (χ3v) is 3.37. The van der Waals surface area contributed by atoms with Crippen LogP contribution in [-0.4, -0.2) is 15.0 Å². The summed E-state index contributed by atoms with van der Waals surface area (Å²) in [6.07, 6.45) is 0. The largest absolute Gasteiger partial charge is 0.348 e. The molecular weight excluding hydrogens is 309 g/mol. The van der Waals surface area contributed by atoms with E-state index in [0.29, 0.717) is 21.7 Å². The van der Waals surface area contributed by atoms with Crippen molar-refractivity contribution in [1.82, 2.24) is 15.0 Å². The van der Waals surface area contributed by atoms with Crippen molar-refractivity contribution >= 4 is 23.2 Å². The minimum Gasteiger partial charge on any atom is -0.290 e. The van der Waals surface area contributed by atoms with E-state index in [1.165, 1.54) is 0 Å². The normalized spacial score (nSPS) is 10.6. The Labute approximate surface area is 130 Å². The number of aromatic amines is 1. The number of nitrogens with one attached hydrogen (secondary N) is 1. The molecule has 0 saturated heterocycles. The van der Waals surface area contributed by atoms with Crippen molar-refractivity contribution < 1.29 is 0 Å². The first-order valence-corrected chi connectivity index (χ1v) is 6.88. The SMILES string of the molecule is O=c1nc(-c2ccc(Cl)cc2)nc(-c2ccc(Cl)cc2)[nH]1. The summed E-state index contributed by atoms with van der Waals surface area (Å²) in [6, 6.07) is 14.0. The summed E-state index contributed by atoms with van der Waals surface area (Å²) in [5.41, 5.74) is 1.02. The van der Waals surface area contributed by atoms with Gasteiger partial charge in [0.2, 0.25) is 0 Å². The van der Waals surface area contributed by atoms with Gasteiger partial charge in [0.05, 0.1) is 0 Å². The molecule has 3 rings (SSSR count). The second-order valence-electron chi connectivity index (χ2n) is 4.34. The molecule has 0 aliphatic carbocycles. The van der Waals surface area contributed by atoms with E-state index in [1.54, 1.807) is 48.5 Å². The number of hydrogen-bond acceptors (Lipinski definition) is 3. The molecule has 104 valence electrons. The molecule has 2 aromatic carbocycles. The van der Waals surface area contributed by atoms with Crippen LogP contribution in [0.15, 0.2) is 53.3 Å². The van der Waals surface area contributed by atoms with Crippen molar-refractivity contribution in [2.75, 3.05) is 0 Å². The van der Waals surface area contributed by atoms with Gasteiger partial charge in [0.25, 0.3) is 0 Å². The maximum Gasteiger partial charge on any atom is 0.348 e. The van der Waals surface area contributed by atoms with Crippen molar-refractivity contribution in [2.45, 2.75) is 0 Å². The lowest BCUT2D eigenvalue weighted by atomic mass is 10.2. The summed E-state index contributed by atoms with van der Waals surface area (Å²) < 4.78 is 0. The van der Waals surface area contributed by atoms with Crippen LogP contribution in [0.3, 0.4) is 0 Å². The van der Waals surface area contributed by atoms with Crippen LogP contribution in [-0.2, 0) is 0 Å². The highest BCUT2D eigenvalue weighted by Gasteiger charge is 2.07. The Balaban J connectivity index is 2.10. The molecule has 0 fully saturated rings. The first-order valence-electron chi connectivity index (χ1n) is 6.12. The van der Waals surface area contributed by atoms with Gasteiger partial charge in [-0.1, -0.05) is 23.2 Å². The highest BCUT2D eigenvalue weighted by molar-refractivity contribution is 6.30. The van der Waals surface area contributed by atoms with E-state index < -0.39 is 5.69 Å². The fraction of sp³-hybridized carbons (Fsp3) is 0. The minimum absolute atomic E-state index is 0.348. The summed E-state index contributed by atoms with van der Waals surface area (Å²) in [6.45, 7) is 0. The predicted octanol–water partition coefficient (Wildman–Crippen LogP) is 3.81. The van der Waals surface area contributed by atoms with E-state index in [1.807, 2.05) is 0 Å². The molecule has 0 spiro atoms. The van der Waals surface area contributed by atoms with Crippen molar-refractivity contribution in [3.63, 3.8) is 0 Å². The first-order chi connectivity index (χ1) is 10.1. The van der Waals surface area contributed by atoms with Crippen LogP contribution in [0.5, 0.6) is 0 Å². The molecule has 4 nitrogen and oxygen atoms in total. The highest BCUT2D eigenvalue weighted by Crippen LogP contribution is 2.21. The van der Waals surface area contributed by atoms with Crippen LogP contribution in [0.1, 0.15) is 0 Å². The Hall–Kier alpha value is -2.17. The van der Waals surface area contributed by atoms with Gasteiger partial charge >= 0.3 is 5.69 Å². The maximum absolute atomic E-state index is 11.7. The summed E-state index contributed by atoms with van der Waals surface area (Å²) in [5.74, 6) is 0.789. The molecule has 21 heavy (non-hydrogen) atoms.